The third-order valence-corrected chi connectivity index (χ3v) is 3.65. The SMILES string of the molecule is COc1ccc(CNc2oc(/C=C/c3ccc(F)cc3)nc2C#N)cc1. The predicted molar refractivity (Wildman–Crippen MR) is 96.9 cm³/mol. The summed E-state index contributed by atoms with van der Waals surface area (Å²) < 4.78 is 23.6. The fraction of sp³-hybridized carbons (Fsp3) is 0.100. The predicted octanol–water partition coefficient (Wildman–Crippen LogP) is 4.48. The lowest BCUT2D eigenvalue weighted by atomic mass is 10.2. The molecule has 0 spiro atoms. The Bertz CT molecular complexity index is 939. The number of hydrogen-bond acceptors (Lipinski definition) is 5. The molecule has 130 valence electrons. The Morgan fingerprint density at radius 3 is 2.54 bits per heavy atom. The van der Waals surface area contributed by atoms with Crippen molar-refractivity contribution in [3.63, 3.8) is 0 Å². The molecule has 0 aliphatic heterocycles. The number of methoxy groups -OCH3 is 1. The standard InChI is InChI=1S/C20H16FN3O2/c1-25-17-9-4-15(5-10-17)13-23-20-18(12-22)24-19(26-20)11-6-14-2-7-16(21)8-3-14/h2-11,23H,13H2,1H3/b11-6+. The van der Waals surface area contributed by atoms with Gasteiger partial charge in [0, 0.05) is 12.6 Å². The number of anilines is 1. The summed E-state index contributed by atoms with van der Waals surface area (Å²) >= 11 is 0. The average Bonchev–Trinajstić information content (AvgIpc) is 3.08. The van der Waals surface area contributed by atoms with Crippen molar-refractivity contribution < 1.29 is 13.5 Å². The summed E-state index contributed by atoms with van der Waals surface area (Å²) in [6, 6.07) is 15.6. The molecular formula is C20H16FN3O2. The molecule has 1 N–H and O–H groups in total. The fourth-order valence-electron chi connectivity index (χ4n) is 2.27. The number of ether oxygens (including phenoxy) is 1. The Morgan fingerprint density at radius 2 is 1.88 bits per heavy atom. The van der Waals surface area contributed by atoms with Gasteiger partial charge in [0.25, 0.3) is 0 Å². The van der Waals surface area contributed by atoms with Gasteiger partial charge in [0.2, 0.25) is 17.5 Å². The highest BCUT2D eigenvalue weighted by atomic mass is 19.1. The second-order valence-electron chi connectivity index (χ2n) is 5.43. The van der Waals surface area contributed by atoms with Crippen LogP contribution in [0.2, 0.25) is 0 Å². The fourth-order valence-corrected chi connectivity index (χ4v) is 2.27. The number of benzene rings is 2. The van der Waals surface area contributed by atoms with Gasteiger partial charge in [-0.2, -0.15) is 10.2 Å². The van der Waals surface area contributed by atoms with Crippen LogP contribution in [0.4, 0.5) is 10.3 Å². The number of nitrogens with one attached hydrogen (secondary N) is 1. The van der Waals surface area contributed by atoms with Crippen molar-refractivity contribution in [3.05, 3.63) is 77.1 Å². The van der Waals surface area contributed by atoms with Gasteiger partial charge < -0.3 is 14.5 Å². The van der Waals surface area contributed by atoms with E-state index in [0.717, 1.165) is 16.9 Å². The van der Waals surface area contributed by atoms with E-state index in [0.29, 0.717) is 18.3 Å². The van der Waals surface area contributed by atoms with Crippen LogP contribution in [0.1, 0.15) is 22.7 Å². The third-order valence-electron chi connectivity index (χ3n) is 3.65. The second kappa shape index (κ2) is 7.99. The van der Waals surface area contributed by atoms with Crippen molar-refractivity contribution in [2.45, 2.75) is 6.54 Å². The average molecular weight is 349 g/mol. The van der Waals surface area contributed by atoms with Crippen LogP contribution in [0.25, 0.3) is 12.2 Å². The molecule has 0 fully saturated rings. The van der Waals surface area contributed by atoms with Gasteiger partial charge in [-0.05, 0) is 41.5 Å². The number of nitrogens with zero attached hydrogens (tertiary/aromatic N) is 2. The highest BCUT2D eigenvalue weighted by Gasteiger charge is 2.11. The largest absolute Gasteiger partial charge is 0.497 e. The Hall–Kier alpha value is -3.59. The lowest BCUT2D eigenvalue weighted by molar-refractivity contribution is 0.414. The summed E-state index contributed by atoms with van der Waals surface area (Å²) in [5.41, 5.74) is 1.99. The molecule has 0 atom stereocenters. The first-order chi connectivity index (χ1) is 12.7. The van der Waals surface area contributed by atoms with Crippen LogP contribution in [0.5, 0.6) is 5.75 Å². The lowest BCUT2D eigenvalue weighted by Crippen LogP contribution is -1.99. The molecule has 0 saturated carbocycles. The number of hydrogen-bond donors (Lipinski definition) is 1. The van der Waals surface area contributed by atoms with Crippen molar-refractivity contribution in [2.24, 2.45) is 0 Å². The summed E-state index contributed by atoms with van der Waals surface area (Å²) in [5.74, 6) is 1.08. The summed E-state index contributed by atoms with van der Waals surface area (Å²) in [7, 11) is 1.61. The Morgan fingerprint density at radius 1 is 1.15 bits per heavy atom. The first-order valence-electron chi connectivity index (χ1n) is 7.89. The summed E-state index contributed by atoms with van der Waals surface area (Å²) in [4.78, 5) is 4.13. The minimum absolute atomic E-state index is 0.178. The summed E-state index contributed by atoms with van der Waals surface area (Å²) in [5, 5.41) is 12.3. The molecular weight excluding hydrogens is 333 g/mol. The first kappa shape index (κ1) is 17.2. The van der Waals surface area contributed by atoms with Crippen molar-refractivity contribution >= 4 is 18.0 Å². The molecule has 0 radical (unpaired) electrons. The van der Waals surface area contributed by atoms with Gasteiger partial charge in [-0.25, -0.2) is 4.39 Å². The van der Waals surface area contributed by atoms with E-state index >= 15 is 0 Å². The van der Waals surface area contributed by atoms with E-state index in [1.165, 1.54) is 12.1 Å². The normalized spacial score (nSPS) is 10.7. The molecule has 0 amide bonds. The van der Waals surface area contributed by atoms with Gasteiger partial charge in [0.05, 0.1) is 7.11 Å². The lowest BCUT2D eigenvalue weighted by Gasteiger charge is -2.04. The first-order valence-corrected chi connectivity index (χ1v) is 7.89. The highest BCUT2D eigenvalue weighted by Crippen LogP contribution is 2.20. The smallest absolute Gasteiger partial charge is 0.232 e. The Balaban J connectivity index is 1.69. The van der Waals surface area contributed by atoms with E-state index < -0.39 is 0 Å². The number of halogens is 1. The molecule has 5 nitrogen and oxygen atoms in total. The maximum atomic E-state index is 12.9. The number of rotatable bonds is 6. The third kappa shape index (κ3) is 4.28. The maximum Gasteiger partial charge on any atom is 0.232 e. The number of nitriles is 1. The van der Waals surface area contributed by atoms with E-state index in [-0.39, 0.29) is 11.5 Å². The van der Waals surface area contributed by atoms with Gasteiger partial charge in [0.15, 0.2) is 0 Å². The number of oxazole rings is 1. The molecule has 0 unspecified atom stereocenters. The molecule has 26 heavy (non-hydrogen) atoms. The molecule has 0 bridgehead atoms. The zero-order valence-electron chi connectivity index (χ0n) is 14.1. The van der Waals surface area contributed by atoms with Gasteiger partial charge in [-0.15, -0.1) is 0 Å². The van der Waals surface area contributed by atoms with Gasteiger partial charge in [-0.3, -0.25) is 0 Å². The molecule has 0 aliphatic rings. The van der Waals surface area contributed by atoms with E-state index in [2.05, 4.69) is 10.3 Å². The quantitative estimate of drug-likeness (QED) is 0.710. The van der Waals surface area contributed by atoms with E-state index in [1.54, 1.807) is 31.4 Å². The molecule has 3 aromatic rings. The summed E-state index contributed by atoms with van der Waals surface area (Å²) in [6.07, 6.45) is 3.37. The zero-order chi connectivity index (χ0) is 18.4. The summed E-state index contributed by atoms with van der Waals surface area (Å²) in [6.45, 7) is 0.481. The van der Waals surface area contributed by atoms with Crippen LogP contribution in [0, 0.1) is 17.1 Å². The molecule has 1 heterocycles. The topological polar surface area (TPSA) is 71.1 Å². The van der Waals surface area contributed by atoms with Crippen molar-refractivity contribution in [1.82, 2.24) is 4.98 Å². The van der Waals surface area contributed by atoms with Gasteiger partial charge in [-0.1, -0.05) is 24.3 Å². The van der Waals surface area contributed by atoms with Crippen LogP contribution in [0.3, 0.4) is 0 Å². The Kier molecular flexibility index (Phi) is 5.30. The van der Waals surface area contributed by atoms with Crippen LogP contribution < -0.4 is 10.1 Å². The van der Waals surface area contributed by atoms with Gasteiger partial charge >= 0.3 is 0 Å². The number of aromatic nitrogens is 1. The molecule has 0 saturated heterocycles. The highest BCUT2D eigenvalue weighted by molar-refractivity contribution is 5.67. The molecule has 3 rings (SSSR count). The minimum Gasteiger partial charge on any atom is -0.497 e. The van der Waals surface area contributed by atoms with Crippen molar-refractivity contribution in [1.29, 1.82) is 5.26 Å². The van der Waals surface area contributed by atoms with E-state index in [9.17, 15) is 9.65 Å². The van der Waals surface area contributed by atoms with Crippen molar-refractivity contribution in [2.75, 3.05) is 12.4 Å². The minimum atomic E-state index is -0.296. The second-order valence-corrected chi connectivity index (χ2v) is 5.43. The van der Waals surface area contributed by atoms with E-state index in [4.69, 9.17) is 9.15 Å². The molecule has 1 aromatic heterocycles. The monoisotopic (exact) mass is 349 g/mol. The van der Waals surface area contributed by atoms with Crippen LogP contribution in [-0.2, 0) is 6.54 Å². The van der Waals surface area contributed by atoms with Crippen LogP contribution in [-0.4, -0.2) is 12.1 Å². The maximum absolute atomic E-state index is 12.9. The Labute approximate surface area is 150 Å². The van der Waals surface area contributed by atoms with E-state index in [1.807, 2.05) is 30.3 Å². The van der Waals surface area contributed by atoms with Crippen LogP contribution in [0.15, 0.2) is 52.9 Å². The zero-order valence-corrected chi connectivity index (χ0v) is 14.1. The molecule has 6 heteroatoms. The van der Waals surface area contributed by atoms with Crippen molar-refractivity contribution in [3.8, 4) is 11.8 Å². The molecule has 0 aliphatic carbocycles. The molecule has 2 aromatic carbocycles. The van der Waals surface area contributed by atoms with Gasteiger partial charge in [0.1, 0.15) is 17.6 Å². The van der Waals surface area contributed by atoms with Crippen LogP contribution >= 0.6 is 0 Å².